The van der Waals surface area contributed by atoms with Gasteiger partial charge in [0.05, 0.1) is 24.6 Å². The minimum atomic E-state index is 0.172. The smallest absolute Gasteiger partial charge is 0.233 e. The Morgan fingerprint density at radius 3 is 2.89 bits per heavy atom. The fourth-order valence-electron chi connectivity index (χ4n) is 3.53. The SMILES string of the molecule is COc1ccc([C@H]2CCCN2C(=O)CSC2=Nc3ccccc3CS2)cc1. The molecule has 1 amide bonds. The number of amides is 1. The van der Waals surface area contributed by atoms with E-state index in [1.165, 1.54) is 11.1 Å². The third-order valence-electron chi connectivity index (χ3n) is 4.95. The third kappa shape index (κ3) is 4.17. The summed E-state index contributed by atoms with van der Waals surface area (Å²) in [7, 11) is 1.67. The van der Waals surface area contributed by atoms with Crippen molar-refractivity contribution < 1.29 is 9.53 Å². The van der Waals surface area contributed by atoms with Gasteiger partial charge in [0.15, 0.2) is 0 Å². The standard InChI is InChI=1S/C21H22N2O2S2/c1-25-17-10-8-15(9-11-17)19-7-4-12-23(19)20(24)14-27-21-22-18-6-3-2-5-16(18)13-26-21/h2-3,5-6,8-11,19H,4,7,12-14H2,1H3/t19-/m1/s1. The van der Waals surface area contributed by atoms with E-state index in [9.17, 15) is 4.79 Å². The van der Waals surface area contributed by atoms with E-state index >= 15 is 0 Å². The molecule has 4 rings (SSSR count). The molecule has 1 saturated heterocycles. The van der Waals surface area contributed by atoms with Crippen molar-refractivity contribution in [2.24, 2.45) is 4.99 Å². The Morgan fingerprint density at radius 1 is 1.26 bits per heavy atom. The van der Waals surface area contributed by atoms with Crippen LogP contribution in [0.15, 0.2) is 53.5 Å². The molecule has 0 aliphatic carbocycles. The molecule has 4 nitrogen and oxygen atoms in total. The van der Waals surface area contributed by atoms with Crippen LogP contribution in [0, 0.1) is 0 Å². The molecule has 0 aromatic heterocycles. The Hall–Kier alpha value is -1.92. The highest BCUT2D eigenvalue weighted by atomic mass is 32.2. The number of aliphatic imine (C=N–C) groups is 1. The first-order chi connectivity index (χ1) is 13.2. The summed E-state index contributed by atoms with van der Waals surface area (Å²) in [6, 6.07) is 16.5. The van der Waals surface area contributed by atoms with Crippen LogP contribution >= 0.6 is 23.5 Å². The van der Waals surface area contributed by atoms with E-state index in [4.69, 9.17) is 9.73 Å². The van der Waals surface area contributed by atoms with Gasteiger partial charge >= 0.3 is 0 Å². The maximum atomic E-state index is 12.9. The van der Waals surface area contributed by atoms with Crippen molar-refractivity contribution in [3.8, 4) is 5.75 Å². The molecule has 2 aromatic carbocycles. The molecule has 0 unspecified atom stereocenters. The average Bonchev–Trinajstić information content (AvgIpc) is 3.22. The van der Waals surface area contributed by atoms with Crippen molar-refractivity contribution in [3.05, 3.63) is 59.7 Å². The van der Waals surface area contributed by atoms with Crippen LogP contribution in [0.2, 0.25) is 0 Å². The largest absolute Gasteiger partial charge is 0.497 e. The summed E-state index contributed by atoms with van der Waals surface area (Å²) in [5.41, 5.74) is 3.48. The van der Waals surface area contributed by atoms with E-state index in [0.717, 1.165) is 41.0 Å². The lowest BCUT2D eigenvalue weighted by molar-refractivity contribution is -0.129. The van der Waals surface area contributed by atoms with E-state index in [1.54, 1.807) is 30.6 Å². The van der Waals surface area contributed by atoms with Gasteiger partial charge in [-0.2, -0.15) is 0 Å². The van der Waals surface area contributed by atoms with Crippen molar-refractivity contribution in [1.82, 2.24) is 4.90 Å². The number of methoxy groups -OCH3 is 1. The van der Waals surface area contributed by atoms with Gasteiger partial charge in [0, 0.05) is 12.3 Å². The third-order valence-corrected chi connectivity index (χ3v) is 7.18. The van der Waals surface area contributed by atoms with Crippen LogP contribution in [0.1, 0.15) is 30.0 Å². The van der Waals surface area contributed by atoms with E-state index in [-0.39, 0.29) is 11.9 Å². The molecule has 2 aliphatic rings. The van der Waals surface area contributed by atoms with Gasteiger partial charge in [0.25, 0.3) is 0 Å². The summed E-state index contributed by atoms with van der Waals surface area (Å²) in [6.45, 7) is 0.832. The molecule has 0 spiro atoms. The van der Waals surface area contributed by atoms with Gasteiger partial charge in [-0.1, -0.05) is 53.9 Å². The van der Waals surface area contributed by atoms with Gasteiger partial charge in [-0.3, -0.25) is 4.79 Å². The van der Waals surface area contributed by atoms with Gasteiger partial charge in [-0.25, -0.2) is 4.99 Å². The number of ether oxygens (including phenoxy) is 1. The molecule has 2 heterocycles. The normalized spacial score (nSPS) is 18.8. The number of carbonyl (C=O) groups is 1. The Bertz CT molecular complexity index is 852. The summed E-state index contributed by atoms with van der Waals surface area (Å²) in [5.74, 6) is 2.41. The van der Waals surface area contributed by atoms with E-state index in [2.05, 4.69) is 18.2 Å². The number of benzene rings is 2. The quantitative estimate of drug-likeness (QED) is 0.725. The zero-order chi connectivity index (χ0) is 18.6. The number of rotatable bonds is 4. The molecular weight excluding hydrogens is 376 g/mol. The number of likely N-dealkylation sites (tertiary alicyclic amines) is 1. The summed E-state index contributed by atoms with van der Waals surface area (Å²) in [6.07, 6.45) is 2.07. The van der Waals surface area contributed by atoms with Crippen molar-refractivity contribution in [1.29, 1.82) is 0 Å². The van der Waals surface area contributed by atoms with E-state index in [1.807, 2.05) is 35.2 Å². The molecule has 1 fully saturated rings. The topological polar surface area (TPSA) is 41.9 Å². The van der Waals surface area contributed by atoms with Gasteiger partial charge in [0.2, 0.25) is 5.91 Å². The van der Waals surface area contributed by atoms with Gasteiger partial charge in [-0.05, 0) is 42.2 Å². The lowest BCUT2D eigenvalue weighted by atomic mass is 10.0. The average molecular weight is 399 g/mol. The fourth-order valence-corrected chi connectivity index (χ4v) is 5.48. The van der Waals surface area contributed by atoms with Gasteiger partial charge in [0.1, 0.15) is 10.1 Å². The summed E-state index contributed by atoms with van der Waals surface area (Å²) in [5, 5.41) is 0. The summed E-state index contributed by atoms with van der Waals surface area (Å²) in [4.78, 5) is 19.6. The molecule has 2 aromatic rings. The van der Waals surface area contributed by atoms with Crippen LogP contribution in [0.25, 0.3) is 0 Å². The van der Waals surface area contributed by atoms with Crippen LogP contribution in [0.4, 0.5) is 5.69 Å². The van der Waals surface area contributed by atoms with Crippen LogP contribution in [0.5, 0.6) is 5.75 Å². The van der Waals surface area contributed by atoms with Gasteiger partial charge < -0.3 is 9.64 Å². The Kier molecular flexibility index (Phi) is 5.74. The highest BCUT2D eigenvalue weighted by Gasteiger charge is 2.30. The zero-order valence-electron chi connectivity index (χ0n) is 15.3. The Balaban J connectivity index is 1.39. The minimum absolute atomic E-state index is 0.172. The molecule has 0 radical (unpaired) electrons. The number of carbonyl (C=O) groups excluding carboxylic acids is 1. The number of nitrogens with zero attached hydrogens (tertiary/aromatic N) is 2. The van der Waals surface area contributed by atoms with Crippen molar-refractivity contribution in [3.63, 3.8) is 0 Å². The lowest BCUT2D eigenvalue weighted by Gasteiger charge is -2.25. The van der Waals surface area contributed by atoms with Crippen molar-refractivity contribution >= 4 is 39.5 Å². The maximum absolute atomic E-state index is 12.9. The number of para-hydroxylation sites is 1. The molecule has 6 heteroatoms. The van der Waals surface area contributed by atoms with Gasteiger partial charge in [-0.15, -0.1) is 0 Å². The predicted molar refractivity (Wildman–Crippen MR) is 114 cm³/mol. The number of hydrogen-bond acceptors (Lipinski definition) is 5. The molecule has 0 N–H and O–H groups in total. The zero-order valence-corrected chi connectivity index (χ0v) is 16.9. The predicted octanol–water partition coefficient (Wildman–Crippen LogP) is 5.03. The first-order valence-corrected chi connectivity index (χ1v) is 11.1. The molecule has 0 saturated carbocycles. The second kappa shape index (κ2) is 8.40. The van der Waals surface area contributed by atoms with Crippen LogP contribution in [-0.2, 0) is 10.5 Å². The molecular formula is C21H22N2O2S2. The molecule has 0 bridgehead atoms. The summed E-state index contributed by atoms with van der Waals surface area (Å²) < 4.78 is 6.23. The van der Waals surface area contributed by atoms with Crippen LogP contribution in [-0.4, -0.2) is 34.6 Å². The van der Waals surface area contributed by atoms with Crippen molar-refractivity contribution in [2.45, 2.75) is 24.6 Å². The van der Waals surface area contributed by atoms with Crippen molar-refractivity contribution in [2.75, 3.05) is 19.4 Å². The van der Waals surface area contributed by atoms with E-state index < -0.39 is 0 Å². The van der Waals surface area contributed by atoms with Crippen LogP contribution in [0.3, 0.4) is 0 Å². The molecule has 140 valence electrons. The number of fused-ring (bicyclic) bond motifs is 1. The number of thioether (sulfide) groups is 2. The van der Waals surface area contributed by atoms with Crippen LogP contribution < -0.4 is 4.74 Å². The minimum Gasteiger partial charge on any atom is -0.497 e. The molecule has 1 atom stereocenters. The highest BCUT2D eigenvalue weighted by molar-refractivity contribution is 8.38. The number of hydrogen-bond donors (Lipinski definition) is 0. The molecule has 27 heavy (non-hydrogen) atoms. The molecule has 2 aliphatic heterocycles. The monoisotopic (exact) mass is 398 g/mol. The highest BCUT2D eigenvalue weighted by Crippen LogP contribution is 2.36. The fraction of sp³-hybridized carbons (Fsp3) is 0.333. The second-order valence-electron chi connectivity index (χ2n) is 6.60. The Labute approximate surface area is 168 Å². The first-order valence-electron chi connectivity index (χ1n) is 9.10. The maximum Gasteiger partial charge on any atom is 0.233 e. The van der Waals surface area contributed by atoms with E-state index in [0.29, 0.717) is 5.75 Å². The second-order valence-corrected chi connectivity index (χ2v) is 8.79. The summed E-state index contributed by atoms with van der Waals surface area (Å²) >= 11 is 3.28. The lowest BCUT2D eigenvalue weighted by Crippen LogP contribution is -2.32. The Morgan fingerprint density at radius 2 is 2.07 bits per heavy atom. The first kappa shape index (κ1) is 18.4.